The lowest BCUT2D eigenvalue weighted by Crippen LogP contribution is -2.19. The van der Waals surface area contributed by atoms with Crippen LogP contribution < -0.4 is 5.32 Å². The molecule has 1 N–H and O–H groups in total. The summed E-state index contributed by atoms with van der Waals surface area (Å²) in [6.07, 6.45) is 8.11. The Morgan fingerprint density at radius 2 is 1.85 bits per heavy atom. The minimum atomic E-state index is 0.364. The zero-order valence-corrected chi connectivity index (χ0v) is 13.5. The summed E-state index contributed by atoms with van der Waals surface area (Å²) in [5, 5.41) is 4.80. The standard InChI is InChI=1S/C17H26N2S/c1-3-4-5-6-7-10-13-18-14(2)17-19-15-11-8-9-12-16(15)20-17/h8-9,11-12,14,18H,3-7,10,13H2,1-2H3. The molecule has 1 heterocycles. The van der Waals surface area contributed by atoms with Crippen molar-refractivity contribution < 1.29 is 0 Å². The van der Waals surface area contributed by atoms with Crippen molar-refractivity contribution in [1.82, 2.24) is 10.3 Å². The predicted molar refractivity (Wildman–Crippen MR) is 89.4 cm³/mol. The molecule has 0 aliphatic rings. The highest BCUT2D eigenvalue weighted by molar-refractivity contribution is 7.18. The van der Waals surface area contributed by atoms with Gasteiger partial charge in [0.05, 0.1) is 16.3 Å². The molecule has 0 saturated carbocycles. The van der Waals surface area contributed by atoms with E-state index >= 15 is 0 Å². The van der Waals surface area contributed by atoms with E-state index in [0.717, 1.165) is 12.1 Å². The largest absolute Gasteiger partial charge is 0.308 e. The predicted octanol–water partition coefficient (Wildman–Crippen LogP) is 5.31. The average molecular weight is 290 g/mol. The fourth-order valence-electron chi connectivity index (χ4n) is 2.39. The van der Waals surface area contributed by atoms with Gasteiger partial charge in [-0.05, 0) is 32.0 Å². The highest BCUT2D eigenvalue weighted by Gasteiger charge is 2.10. The van der Waals surface area contributed by atoms with Gasteiger partial charge in [-0.2, -0.15) is 0 Å². The van der Waals surface area contributed by atoms with Gasteiger partial charge in [0.2, 0.25) is 0 Å². The van der Waals surface area contributed by atoms with Gasteiger partial charge in [-0.1, -0.05) is 51.2 Å². The van der Waals surface area contributed by atoms with Crippen molar-refractivity contribution in [1.29, 1.82) is 0 Å². The summed E-state index contributed by atoms with van der Waals surface area (Å²) in [7, 11) is 0. The Hall–Kier alpha value is -0.930. The number of aromatic nitrogens is 1. The SMILES string of the molecule is CCCCCCCCNC(C)c1nc2ccccc2s1. The van der Waals surface area contributed by atoms with Crippen LogP contribution in [-0.4, -0.2) is 11.5 Å². The molecule has 20 heavy (non-hydrogen) atoms. The van der Waals surface area contributed by atoms with Crippen molar-refractivity contribution in [3.63, 3.8) is 0 Å². The van der Waals surface area contributed by atoms with Crippen LogP contribution in [0.15, 0.2) is 24.3 Å². The molecule has 0 fully saturated rings. The first-order chi connectivity index (χ1) is 9.81. The van der Waals surface area contributed by atoms with Crippen molar-refractivity contribution in [3.8, 4) is 0 Å². The molecular formula is C17H26N2S. The highest BCUT2D eigenvalue weighted by atomic mass is 32.1. The molecule has 2 rings (SSSR count). The summed E-state index contributed by atoms with van der Waals surface area (Å²) >= 11 is 1.81. The first kappa shape index (κ1) is 15.5. The van der Waals surface area contributed by atoms with Gasteiger partial charge in [-0.15, -0.1) is 11.3 Å². The Balaban J connectivity index is 1.70. The van der Waals surface area contributed by atoms with Gasteiger partial charge >= 0.3 is 0 Å². The third kappa shape index (κ3) is 4.57. The topological polar surface area (TPSA) is 24.9 Å². The van der Waals surface area contributed by atoms with Crippen LogP contribution in [0.3, 0.4) is 0 Å². The average Bonchev–Trinajstić information content (AvgIpc) is 2.90. The van der Waals surface area contributed by atoms with Crippen molar-refractivity contribution in [2.24, 2.45) is 0 Å². The van der Waals surface area contributed by atoms with E-state index in [1.54, 1.807) is 11.3 Å². The number of fused-ring (bicyclic) bond motifs is 1. The second kappa shape index (κ2) is 8.38. The maximum absolute atomic E-state index is 4.71. The van der Waals surface area contributed by atoms with E-state index in [9.17, 15) is 0 Å². The van der Waals surface area contributed by atoms with E-state index in [-0.39, 0.29) is 0 Å². The van der Waals surface area contributed by atoms with Gasteiger partial charge in [0.25, 0.3) is 0 Å². The summed E-state index contributed by atoms with van der Waals surface area (Å²) in [6.45, 7) is 5.58. The molecule has 1 aromatic heterocycles. The fraction of sp³-hybridized carbons (Fsp3) is 0.588. The van der Waals surface area contributed by atoms with Crippen molar-refractivity contribution in [2.75, 3.05) is 6.54 Å². The lowest BCUT2D eigenvalue weighted by molar-refractivity contribution is 0.526. The van der Waals surface area contributed by atoms with E-state index in [0.29, 0.717) is 6.04 Å². The monoisotopic (exact) mass is 290 g/mol. The van der Waals surface area contributed by atoms with Gasteiger partial charge in [-0.25, -0.2) is 4.98 Å². The van der Waals surface area contributed by atoms with E-state index < -0.39 is 0 Å². The number of thiazole rings is 1. The zero-order valence-electron chi connectivity index (χ0n) is 12.7. The van der Waals surface area contributed by atoms with Crippen LogP contribution in [0.5, 0.6) is 0 Å². The van der Waals surface area contributed by atoms with Crippen LogP contribution in [0.1, 0.15) is 63.4 Å². The lowest BCUT2D eigenvalue weighted by atomic mass is 10.1. The summed E-state index contributed by atoms with van der Waals surface area (Å²) in [4.78, 5) is 4.71. The van der Waals surface area contributed by atoms with Crippen molar-refractivity contribution in [2.45, 2.75) is 58.4 Å². The van der Waals surface area contributed by atoms with Crippen LogP contribution in [0.4, 0.5) is 0 Å². The first-order valence-corrected chi connectivity index (χ1v) is 8.71. The third-order valence-electron chi connectivity index (χ3n) is 3.66. The number of hydrogen-bond acceptors (Lipinski definition) is 3. The van der Waals surface area contributed by atoms with Crippen LogP contribution in [0.2, 0.25) is 0 Å². The van der Waals surface area contributed by atoms with Gasteiger partial charge in [0, 0.05) is 0 Å². The second-order valence-corrected chi connectivity index (χ2v) is 6.53. The molecule has 0 aliphatic heterocycles. The molecule has 1 aromatic carbocycles. The molecule has 2 aromatic rings. The van der Waals surface area contributed by atoms with Crippen LogP contribution >= 0.6 is 11.3 Å². The van der Waals surface area contributed by atoms with Crippen LogP contribution in [0.25, 0.3) is 10.2 Å². The van der Waals surface area contributed by atoms with E-state index in [2.05, 4.69) is 43.4 Å². The fourth-order valence-corrected chi connectivity index (χ4v) is 3.38. The van der Waals surface area contributed by atoms with E-state index in [4.69, 9.17) is 4.98 Å². The minimum Gasteiger partial charge on any atom is -0.308 e. The molecular weight excluding hydrogens is 264 g/mol. The molecule has 1 atom stereocenters. The Kier molecular flexibility index (Phi) is 6.48. The van der Waals surface area contributed by atoms with E-state index in [1.165, 1.54) is 48.2 Å². The first-order valence-electron chi connectivity index (χ1n) is 7.90. The molecule has 0 amide bonds. The number of nitrogens with zero attached hydrogens (tertiary/aromatic N) is 1. The molecule has 0 aliphatic carbocycles. The Labute approximate surface area is 126 Å². The molecule has 0 spiro atoms. The Bertz CT molecular complexity index is 473. The number of nitrogens with one attached hydrogen (secondary N) is 1. The Morgan fingerprint density at radius 1 is 1.10 bits per heavy atom. The highest BCUT2D eigenvalue weighted by Crippen LogP contribution is 2.25. The normalized spacial score (nSPS) is 12.9. The second-order valence-electron chi connectivity index (χ2n) is 5.46. The number of unbranched alkanes of at least 4 members (excludes halogenated alkanes) is 5. The molecule has 110 valence electrons. The molecule has 1 unspecified atom stereocenters. The molecule has 0 saturated heterocycles. The smallest absolute Gasteiger partial charge is 0.111 e. The number of rotatable bonds is 9. The third-order valence-corrected chi connectivity index (χ3v) is 4.88. The molecule has 0 radical (unpaired) electrons. The molecule has 0 bridgehead atoms. The number of hydrogen-bond donors (Lipinski definition) is 1. The maximum atomic E-state index is 4.71. The molecule has 2 nitrogen and oxygen atoms in total. The van der Waals surface area contributed by atoms with Gasteiger partial charge in [0.15, 0.2) is 0 Å². The zero-order chi connectivity index (χ0) is 14.2. The van der Waals surface area contributed by atoms with Gasteiger partial charge in [0.1, 0.15) is 5.01 Å². The van der Waals surface area contributed by atoms with Gasteiger partial charge < -0.3 is 5.32 Å². The summed E-state index contributed by atoms with van der Waals surface area (Å²) in [6, 6.07) is 8.74. The molecule has 3 heteroatoms. The van der Waals surface area contributed by atoms with Crippen LogP contribution in [-0.2, 0) is 0 Å². The lowest BCUT2D eigenvalue weighted by Gasteiger charge is -2.10. The number of para-hydroxylation sites is 1. The van der Waals surface area contributed by atoms with E-state index in [1.807, 2.05) is 0 Å². The summed E-state index contributed by atoms with van der Waals surface area (Å²) in [5.74, 6) is 0. The number of benzene rings is 1. The van der Waals surface area contributed by atoms with Gasteiger partial charge in [-0.3, -0.25) is 0 Å². The maximum Gasteiger partial charge on any atom is 0.111 e. The quantitative estimate of drug-likeness (QED) is 0.633. The summed E-state index contributed by atoms with van der Waals surface area (Å²) in [5.41, 5.74) is 1.13. The van der Waals surface area contributed by atoms with Crippen molar-refractivity contribution >= 4 is 21.6 Å². The Morgan fingerprint density at radius 3 is 2.65 bits per heavy atom. The van der Waals surface area contributed by atoms with Crippen molar-refractivity contribution in [3.05, 3.63) is 29.3 Å². The minimum absolute atomic E-state index is 0.364. The summed E-state index contributed by atoms with van der Waals surface area (Å²) < 4.78 is 1.29. The van der Waals surface area contributed by atoms with Crippen LogP contribution in [0, 0.1) is 0 Å².